The van der Waals surface area contributed by atoms with Crippen LogP contribution in [0.4, 0.5) is 0 Å². The number of hydrogen-bond acceptors (Lipinski definition) is 4. The highest BCUT2D eigenvalue weighted by atomic mass is 35.5. The van der Waals surface area contributed by atoms with Crippen LogP contribution in [0.5, 0.6) is 0 Å². The van der Waals surface area contributed by atoms with Crippen LogP contribution >= 0.6 is 11.6 Å². The first-order valence-electron chi connectivity index (χ1n) is 7.87. The van der Waals surface area contributed by atoms with E-state index in [-0.39, 0.29) is 6.61 Å². The van der Waals surface area contributed by atoms with E-state index in [1.807, 2.05) is 30.3 Å². The lowest BCUT2D eigenvalue weighted by Gasteiger charge is -2.17. The summed E-state index contributed by atoms with van der Waals surface area (Å²) in [6, 6.07) is 13.4. The maximum atomic E-state index is 12.5. The number of carbonyl (C=O) groups is 2. The van der Waals surface area contributed by atoms with E-state index in [0.29, 0.717) is 23.4 Å². The van der Waals surface area contributed by atoms with E-state index >= 15 is 0 Å². The molecule has 1 amide bonds. The number of amides is 1. The lowest BCUT2D eigenvalue weighted by Crippen LogP contribution is -2.43. The molecule has 5 nitrogen and oxygen atoms in total. The molecular weight excluding hydrogens is 342 g/mol. The molecule has 0 bridgehead atoms. The minimum atomic E-state index is -0.796. The highest BCUT2D eigenvalue weighted by Crippen LogP contribution is 2.18. The molecule has 0 spiro atoms. The van der Waals surface area contributed by atoms with Gasteiger partial charge in [0.15, 0.2) is 0 Å². The van der Waals surface area contributed by atoms with Gasteiger partial charge in [0.2, 0.25) is 0 Å². The van der Waals surface area contributed by atoms with Crippen molar-refractivity contribution in [3.63, 3.8) is 0 Å². The Labute approximate surface area is 151 Å². The van der Waals surface area contributed by atoms with Crippen molar-refractivity contribution in [2.45, 2.75) is 18.9 Å². The maximum absolute atomic E-state index is 12.5. The van der Waals surface area contributed by atoms with Crippen LogP contribution in [0.3, 0.4) is 0 Å². The molecule has 132 valence electrons. The van der Waals surface area contributed by atoms with Crippen LogP contribution in [-0.4, -0.2) is 36.7 Å². The zero-order chi connectivity index (χ0) is 18.2. The number of aliphatic hydroxyl groups excluding tert-OH is 1. The number of esters is 1. The van der Waals surface area contributed by atoms with Crippen molar-refractivity contribution in [2.75, 3.05) is 13.7 Å². The minimum absolute atomic E-state index is 0.0211. The second-order valence-electron chi connectivity index (χ2n) is 5.52. The normalized spacial score (nSPS) is 11.6. The minimum Gasteiger partial charge on any atom is -0.467 e. The summed E-state index contributed by atoms with van der Waals surface area (Å²) < 4.78 is 4.79. The number of halogens is 1. The van der Waals surface area contributed by atoms with Crippen LogP contribution in [0.2, 0.25) is 5.02 Å². The Morgan fingerprint density at radius 1 is 1.20 bits per heavy atom. The van der Waals surface area contributed by atoms with Gasteiger partial charge in [-0.2, -0.15) is 0 Å². The Kier molecular flexibility index (Phi) is 6.98. The van der Waals surface area contributed by atoms with Gasteiger partial charge in [0, 0.05) is 23.6 Å². The van der Waals surface area contributed by atoms with Crippen LogP contribution < -0.4 is 5.32 Å². The lowest BCUT2D eigenvalue weighted by molar-refractivity contribution is -0.142. The van der Waals surface area contributed by atoms with Crippen LogP contribution in [0.15, 0.2) is 48.5 Å². The molecule has 0 radical (unpaired) electrons. The molecule has 0 unspecified atom stereocenters. The number of rotatable bonds is 7. The van der Waals surface area contributed by atoms with Crippen molar-refractivity contribution in [3.05, 3.63) is 70.2 Å². The first-order valence-corrected chi connectivity index (χ1v) is 8.25. The molecule has 0 aromatic heterocycles. The van der Waals surface area contributed by atoms with E-state index in [0.717, 1.165) is 11.1 Å². The fourth-order valence-corrected chi connectivity index (χ4v) is 2.71. The molecule has 2 aromatic rings. The van der Waals surface area contributed by atoms with Crippen molar-refractivity contribution in [2.24, 2.45) is 0 Å². The largest absolute Gasteiger partial charge is 0.467 e. The van der Waals surface area contributed by atoms with Crippen molar-refractivity contribution < 1.29 is 19.4 Å². The van der Waals surface area contributed by atoms with Crippen molar-refractivity contribution in [1.82, 2.24) is 5.32 Å². The Hall–Kier alpha value is -2.37. The Bertz CT molecular complexity index is 733. The molecule has 6 heteroatoms. The van der Waals surface area contributed by atoms with Gasteiger partial charge in [0.25, 0.3) is 5.91 Å². The molecule has 0 aliphatic rings. The predicted molar refractivity (Wildman–Crippen MR) is 95.7 cm³/mol. The molecule has 25 heavy (non-hydrogen) atoms. The van der Waals surface area contributed by atoms with Gasteiger partial charge in [0.1, 0.15) is 6.04 Å². The van der Waals surface area contributed by atoms with Gasteiger partial charge in [-0.1, -0.05) is 48.0 Å². The van der Waals surface area contributed by atoms with Crippen LogP contribution in [0.25, 0.3) is 0 Å². The third-order valence-electron chi connectivity index (χ3n) is 3.77. The number of benzene rings is 2. The van der Waals surface area contributed by atoms with Gasteiger partial charge < -0.3 is 15.2 Å². The summed E-state index contributed by atoms with van der Waals surface area (Å²) in [4.78, 5) is 24.5. The summed E-state index contributed by atoms with van der Waals surface area (Å²) in [6.45, 7) is -0.0211. The average molecular weight is 362 g/mol. The zero-order valence-electron chi connectivity index (χ0n) is 13.9. The third kappa shape index (κ3) is 5.31. The standard InChI is InChI=1S/C19H20ClNO4/c1-25-19(24)17(11-13-5-3-2-4-6-13)21-18(23)15-8-7-14(9-10-22)16(20)12-15/h2-8,12,17,22H,9-11H2,1H3,(H,21,23)/t17-/m0/s1. The second kappa shape index (κ2) is 9.20. The average Bonchev–Trinajstić information content (AvgIpc) is 2.63. The number of methoxy groups -OCH3 is 1. The van der Waals surface area contributed by atoms with Crippen molar-refractivity contribution >= 4 is 23.5 Å². The summed E-state index contributed by atoms with van der Waals surface area (Å²) in [5.74, 6) is -0.927. The van der Waals surface area contributed by atoms with Gasteiger partial charge >= 0.3 is 5.97 Å². The first-order chi connectivity index (χ1) is 12.0. The quantitative estimate of drug-likeness (QED) is 0.742. The highest BCUT2D eigenvalue weighted by Gasteiger charge is 2.22. The fourth-order valence-electron chi connectivity index (χ4n) is 2.44. The van der Waals surface area contributed by atoms with Gasteiger partial charge in [0.05, 0.1) is 7.11 Å². The highest BCUT2D eigenvalue weighted by molar-refractivity contribution is 6.31. The second-order valence-corrected chi connectivity index (χ2v) is 5.93. The number of ether oxygens (including phenoxy) is 1. The summed E-state index contributed by atoms with van der Waals surface area (Å²) in [6.07, 6.45) is 0.745. The number of nitrogens with one attached hydrogen (secondary N) is 1. The van der Waals surface area contributed by atoms with Crippen LogP contribution in [0, 0.1) is 0 Å². The van der Waals surface area contributed by atoms with Crippen molar-refractivity contribution in [3.8, 4) is 0 Å². The Morgan fingerprint density at radius 3 is 2.52 bits per heavy atom. The van der Waals surface area contributed by atoms with E-state index in [9.17, 15) is 9.59 Å². The SMILES string of the molecule is COC(=O)[C@H](Cc1ccccc1)NC(=O)c1ccc(CCO)c(Cl)c1. The van der Waals surface area contributed by atoms with E-state index in [2.05, 4.69) is 5.32 Å². The molecule has 0 fully saturated rings. The molecular formula is C19H20ClNO4. The van der Waals surface area contributed by atoms with Gasteiger partial charge in [-0.05, 0) is 29.7 Å². The topological polar surface area (TPSA) is 75.6 Å². The van der Waals surface area contributed by atoms with E-state index < -0.39 is 17.9 Å². The van der Waals surface area contributed by atoms with Gasteiger partial charge in [-0.3, -0.25) is 4.79 Å². The number of hydrogen-bond donors (Lipinski definition) is 2. The summed E-state index contributed by atoms with van der Waals surface area (Å²) in [7, 11) is 1.28. The van der Waals surface area contributed by atoms with E-state index in [1.54, 1.807) is 12.1 Å². The molecule has 0 aliphatic heterocycles. The maximum Gasteiger partial charge on any atom is 0.328 e. The Balaban J connectivity index is 2.13. The number of carbonyl (C=O) groups excluding carboxylic acids is 2. The molecule has 0 aliphatic carbocycles. The first kappa shape index (κ1) is 19.0. The number of aliphatic hydroxyl groups is 1. The van der Waals surface area contributed by atoms with Gasteiger partial charge in [-0.15, -0.1) is 0 Å². The Morgan fingerprint density at radius 2 is 1.92 bits per heavy atom. The fraction of sp³-hybridized carbons (Fsp3) is 0.263. The van der Waals surface area contributed by atoms with Crippen molar-refractivity contribution in [1.29, 1.82) is 0 Å². The van der Waals surface area contributed by atoms with E-state index in [1.165, 1.54) is 13.2 Å². The van der Waals surface area contributed by atoms with E-state index in [4.69, 9.17) is 21.4 Å². The molecule has 0 heterocycles. The molecule has 0 saturated heterocycles. The summed E-state index contributed by atoms with van der Waals surface area (Å²) in [5, 5.41) is 12.1. The molecule has 1 atom stereocenters. The molecule has 2 rings (SSSR count). The van der Waals surface area contributed by atoms with Crippen LogP contribution in [0.1, 0.15) is 21.5 Å². The predicted octanol–water partition coefficient (Wildman–Crippen LogP) is 2.39. The summed E-state index contributed by atoms with van der Waals surface area (Å²) in [5.41, 5.74) is 2.01. The molecule has 2 aromatic carbocycles. The third-order valence-corrected chi connectivity index (χ3v) is 4.12. The zero-order valence-corrected chi connectivity index (χ0v) is 14.6. The lowest BCUT2D eigenvalue weighted by atomic mass is 10.0. The van der Waals surface area contributed by atoms with Gasteiger partial charge in [-0.25, -0.2) is 4.79 Å². The van der Waals surface area contributed by atoms with Crippen LogP contribution in [-0.2, 0) is 22.4 Å². The monoisotopic (exact) mass is 361 g/mol. The molecule has 0 saturated carbocycles. The summed E-state index contributed by atoms with van der Waals surface area (Å²) >= 11 is 6.13. The smallest absolute Gasteiger partial charge is 0.328 e. The molecule has 2 N–H and O–H groups in total.